The van der Waals surface area contributed by atoms with Crippen LogP contribution in [0, 0.1) is 13.8 Å². The number of hydrogen-bond donors (Lipinski definition) is 3. The molecular formula is C19H25N7O2S. The summed E-state index contributed by atoms with van der Waals surface area (Å²) < 4.78 is 5.53. The molecule has 2 aromatic rings. The number of hydrazine groups is 1. The van der Waals surface area contributed by atoms with Crippen LogP contribution in [0.5, 0.6) is 5.75 Å². The van der Waals surface area contributed by atoms with Gasteiger partial charge in [0.2, 0.25) is 11.9 Å². The van der Waals surface area contributed by atoms with Crippen LogP contribution in [-0.4, -0.2) is 39.8 Å². The van der Waals surface area contributed by atoms with Crippen molar-refractivity contribution in [3.8, 4) is 5.75 Å². The molecule has 4 heterocycles. The number of anilines is 2. The van der Waals surface area contributed by atoms with Gasteiger partial charge in [-0.15, -0.1) is 0 Å². The fraction of sp³-hybridized carbons (Fsp3) is 0.474. The van der Waals surface area contributed by atoms with E-state index in [2.05, 4.69) is 25.7 Å². The molecule has 4 N–H and O–H groups in total. The van der Waals surface area contributed by atoms with E-state index in [1.165, 1.54) is 11.8 Å². The van der Waals surface area contributed by atoms with Crippen molar-refractivity contribution in [1.82, 2.24) is 25.7 Å². The van der Waals surface area contributed by atoms with E-state index in [0.29, 0.717) is 19.5 Å². The Morgan fingerprint density at radius 1 is 1.45 bits per heavy atom. The van der Waals surface area contributed by atoms with Gasteiger partial charge in [-0.2, -0.15) is 4.98 Å². The summed E-state index contributed by atoms with van der Waals surface area (Å²) in [5.41, 5.74) is 13.3. The third kappa shape index (κ3) is 3.46. The molecule has 0 saturated carbocycles. The van der Waals surface area contributed by atoms with Crippen molar-refractivity contribution in [2.75, 3.05) is 24.4 Å². The smallest absolute Gasteiger partial charge is 0.233 e. The molecule has 2 aliphatic rings. The van der Waals surface area contributed by atoms with Gasteiger partial charge in [0.05, 0.1) is 30.6 Å². The maximum absolute atomic E-state index is 12.4. The van der Waals surface area contributed by atoms with Crippen LogP contribution in [0.3, 0.4) is 0 Å². The number of methoxy groups -OCH3 is 1. The summed E-state index contributed by atoms with van der Waals surface area (Å²) in [6, 6.07) is -0.0397. The lowest BCUT2D eigenvalue weighted by molar-refractivity contribution is -0.120. The van der Waals surface area contributed by atoms with Gasteiger partial charge in [-0.25, -0.2) is 10.4 Å². The van der Waals surface area contributed by atoms with Gasteiger partial charge < -0.3 is 15.8 Å². The molecule has 4 rings (SSSR count). The minimum Gasteiger partial charge on any atom is -0.496 e. The Morgan fingerprint density at radius 2 is 2.24 bits per heavy atom. The van der Waals surface area contributed by atoms with Gasteiger partial charge in [-0.1, -0.05) is 11.8 Å². The second-order valence-electron chi connectivity index (χ2n) is 7.18. The number of amides is 1. The molecule has 2 aliphatic heterocycles. The summed E-state index contributed by atoms with van der Waals surface area (Å²) in [5, 5.41) is 5.39. The summed E-state index contributed by atoms with van der Waals surface area (Å²) in [5.74, 6) is 1.80. The number of carbonyl (C=O) groups excluding carboxylic acids is 1. The van der Waals surface area contributed by atoms with Crippen molar-refractivity contribution >= 4 is 29.4 Å². The van der Waals surface area contributed by atoms with Gasteiger partial charge in [-0.3, -0.25) is 14.8 Å². The third-order valence-corrected chi connectivity index (χ3v) is 6.45. The van der Waals surface area contributed by atoms with Gasteiger partial charge in [0.15, 0.2) is 5.82 Å². The molecular weight excluding hydrogens is 390 g/mol. The molecule has 2 atom stereocenters. The van der Waals surface area contributed by atoms with Crippen molar-refractivity contribution in [2.45, 2.75) is 50.1 Å². The van der Waals surface area contributed by atoms with Crippen molar-refractivity contribution in [3.63, 3.8) is 0 Å². The Bertz CT molecular complexity index is 968. The lowest BCUT2D eigenvalue weighted by atomic mass is 10.0. The second kappa shape index (κ2) is 7.68. The molecule has 29 heavy (non-hydrogen) atoms. The molecule has 0 saturated heterocycles. The first kappa shape index (κ1) is 19.7. The number of nitrogen functional groups attached to an aromatic ring is 1. The standard InChI is InChI=1S/C19H25N7O2S/c1-5-21-17(27)13-6-11-14-16(23-19(20)24-18(14)29-13)26(25-11)8-12-10(3)15(28-4)9(2)7-22-12/h7,11,13,25H,5-6,8H2,1-4H3,(H,21,27)(H2,20,23,24). The van der Waals surface area contributed by atoms with Crippen LogP contribution in [0.15, 0.2) is 11.2 Å². The molecule has 1 amide bonds. The number of pyridine rings is 1. The number of nitrogens with two attached hydrogens (primary N) is 1. The normalized spacial score (nSPS) is 19.8. The molecule has 0 fully saturated rings. The first-order valence-corrected chi connectivity index (χ1v) is 10.4. The highest BCUT2D eigenvalue weighted by Crippen LogP contribution is 2.47. The molecule has 0 bridgehead atoms. The molecule has 10 heteroatoms. The Labute approximate surface area is 173 Å². The molecule has 2 unspecified atom stereocenters. The van der Waals surface area contributed by atoms with Crippen molar-refractivity contribution in [1.29, 1.82) is 0 Å². The Balaban J connectivity index is 1.66. The van der Waals surface area contributed by atoms with Crippen LogP contribution in [0.4, 0.5) is 11.8 Å². The van der Waals surface area contributed by atoms with Crippen LogP contribution in [0.25, 0.3) is 0 Å². The summed E-state index contributed by atoms with van der Waals surface area (Å²) in [6.45, 7) is 6.99. The highest BCUT2D eigenvalue weighted by Gasteiger charge is 2.41. The minimum absolute atomic E-state index is 0.0166. The minimum atomic E-state index is -0.221. The van der Waals surface area contributed by atoms with E-state index in [9.17, 15) is 4.79 Å². The molecule has 0 radical (unpaired) electrons. The predicted molar refractivity (Wildman–Crippen MR) is 112 cm³/mol. The van der Waals surface area contributed by atoms with E-state index in [1.807, 2.05) is 32.0 Å². The van der Waals surface area contributed by atoms with Crippen molar-refractivity contribution < 1.29 is 9.53 Å². The molecule has 0 spiro atoms. The number of aromatic nitrogens is 3. The molecule has 9 nitrogen and oxygen atoms in total. The van der Waals surface area contributed by atoms with Crippen LogP contribution in [0.2, 0.25) is 0 Å². The lowest BCUT2D eigenvalue weighted by Crippen LogP contribution is -2.39. The number of thioether (sulfide) groups is 1. The number of nitrogens with zero attached hydrogens (tertiary/aromatic N) is 4. The van der Waals surface area contributed by atoms with Crippen molar-refractivity contribution in [3.05, 3.63) is 28.6 Å². The fourth-order valence-corrected chi connectivity index (χ4v) is 5.14. The lowest BCUT2D eigenvalue weighted by Gasteiger charge is -2.26. The van der Waals surface area contributed by atoms with Gasteiger partial charge in [0.25, 0.3) is 0 Å². The van der Waals surface area contributed by atoms with E-state index in [1.54, 1.807) is 7.11 Å². The van der Waals surface area contributed by atoms with Gasteiger partial charge in [0.1, 0.15) is 10.8 Å². The summed E-state index contributed by atoms with van der Waals surface area (Å²) >= 11 is 1.45. The maximum Gasteiger partial charge on any atom is 0.233 e. The average molecular weight is 416 g/mol. The predicted octanol–water partition coefficient (Wildman–Crippen LogP) is 1.65. The third-order valence-electron chi connectivity index (χ3n) is 5.23. The molecule has 2 aromatic heterocycles. The Kier molecular flexibility index (Phi) is 5.22. The topological polar surface area (TPSA) is 118 Å². The van der Waals surface area contributed by atoms with Crippen molar-refractivity contribution in [2.24, 2.45) is 0 Å². The van der Waals surface area contributed by atoms with Gasteiger partial charge in [-0.05, 0) is 27.2 Å². The Morgan fingerprint density at radius 3 is 2.97 bits per heavy atom. The zero-order valence-electron chi connectivity index (χ0n) is 16.9. The monoisotopic (exact) mass is 415 g/mol. The van der Waals surface area contributed by atoms with Crippen LogP contribution >= 0.6 is 11.8 Å². The molecule has 0 aromatic carbocycles. The van der Waals surface area contributed by atoms with E-state index in [-0.39, 0.29) is 23.1 Å². The highest BCUT2D eigenvalue weighted by molar-refractivity contribution is 8.00. The first-order chi connectivity index (χ1) is 13.9. The van der Waals surface area contributed by atoms with Gasteiger partial charge >= 0.3 is 0 Å². The zero-order valence-corrected chi connectivity index (χ0v) is 17.8. The number of aryl methyl sites for hydroxylation is 1. The van der Waals surface area contributed by atoms with Crippen LogP contribution in [0.1, 0.15) is 41.8 Å². The van der Waals surface area contributed by atoms with E-state index in [0.717, 1.165) is 39.0 Å². The fourth-order valence-electron chi connectivity index (χ4n) is 3.88. The number of ether oxygens (including phenoxy) is 1. The number of hydrogen-bond acceptors (Lipinski definition) is 9. The molecule has 154 valence electrons. The SMILES string of the molecule is CCNC(=O)C1CC2NN(Cc3ncc(C)c(OC)c3C)c3nc(N)nc(c32)S1. The first-order valence-electron chi connectivity index (χ1n) is 9.57. The zero-order chi connectivity index (χ0) is 20.7. The van der Waals surface area contributed by atoms with Crippen LogP contribution < -0.4 is 26.2 Å². The quantitative estimate of drug-likeness (QED) is 0.626. The summed E-state index contributed by atoms with van der Waals surface area (Å²) in [7, 11) is 1.67. The summed E-state index contributed by atoms with van der Waals surface area (Å²) in [6.07, 6.45) is 2.47. The maximum atomic E-state index is 12.4. The number of rotatable bonds is 5. The second-order valence-corrected chi connectivity index (χ2v) is 8.37. The highest BCUT2D eigenvalue weighted by atomic mass is 32.2. The number of nitrogens with one attached hydrogen (secondary N) is 2. The average Bonchev–Trinajstić information content (AvgIpc) is 3.02. The number of carbonyl (C=O) groups is 1. The van der Waals surface area contributed by atoms with Crippen LogP contribution in [-0.2, 0) is 11.3 Å². The van der Waals surface area contributed by atoms with E-state index >= 15 is 0 Å². The Hall–Kier alpha value is -2.59. The molecule has 0 aliphatic carbocycles. The van der Waals surface area contributed by atoms with E-state index < -0.39 is 0 Å². The summed E-state index contributed by atoms with van der Waals surface area (Å²) in [4.78, 5) is 25.9. The van der Waals surface area contributed by atoms with E-state index in [4.69, 9.17) is 10.5 Å². The van der Waals surface area contributed by atoms with Gasteiger partial charge in [0, 0.05) is 29.4 Å². The largest absolute Gasteiger partial charge is 0.496 e.